The van der Waals surface area contributed by atoms with Crippen molar-refractivity contribution in [2.24, 2.45) is 0 Å². The molecule has 0 unspecified atom stereocenters. The number of thioether (sulfide) groups is 1. The lowest BCUT2D eigenvalue weighted by Crippen LogP contribution is -1.75. The highest BCUT2D eigenvalue weighted by atomic mass is 32.2. The molecule has 0 aromatic carbocycles. The van der Waals surface area contributed by atoms with Crippen LogP contribution in [-0.2, 0) is 0 Å². The maximum Gasteiger partial charge on any atom is 0.0137 e. The minimum atomic E-state index is 1.18. The molecule has 42 valence electrons. The summed E-state index contributed by atoms with van der Waals surface area (Å²) in [5, 5.41) is 0. The van der Waals surface area contributed by atoms with Gasteiger partial charge in [-0.1, -0.05) is 11.6 Å². The first-order valence-electron chi connectivity index (χ1n) is 2.42. The SMILES string of the molecule is C/C=C(\C)CSC. The summed E-state index contributed by atoms with van der Waals surface area (Å²) < 4.78 is 0. The van der Waals surface area contributed by atoms with E-state index in [1.807, 2.05) is 11.8 Å². The van der Waals surface area contributed by atoms with E-state index in [1.54, 1.807) is 0 Å². The Morgan fingerprint density at radius 2 is 2.29 bits per heavy atom. The second-order valence-electron chi connectivity index (χ2n) is 1.57. The molecular weight excluding hydrogens is 104 g/mol. The highest BCUT2D eigenvalue weighted by Crippen LogP contribution is 2.00. The van der Waals surface area contributed by atoms with Crippen LogP contribution < -0.4 is 0 Å². The quantitative estimate of drug-likeness (QED) is 0.499. The van der Waals surface area contributed by atoms with Crippen LogP contribution in [0.25, 0.3) is 0 Å². The molecule has 0 aromatic rings. The molecule has 0 aliphatic rings. The van der Waals surface area contributed by atoms with Gasteiger partial charge in [0.2, 0.25) is 0 Å². The summed E-state index contributed by atoms with van der Waals surface area (Å²) in [5.74, 6) is 1.18. The maximum atomic E-state index is 2.15. The van der Waals surface area contributed by atoms with Gasteiger partial charge in [-0.15, -0.1) is 0 Å². The Kier molecular flexibility index (Phi) is 4.31. The van der Waals surface area contributed by atoms with Gasteiger partial charge >= 0.3 is 0 Å². The molecule has 0 atom stereocenters. The first-order valence-corrected chi connectivity index (χ1v) is 3.81. The third-order valence-corrected chi connectivity index (χ3v) is 1.61. The minimum Gasteiger partial charge on any atom is -0.161 e. The highest BCUT2D eigenvalue weighted by Gasteiger charge is 1.79. The lowest BCUT2D eigenvalue weighted by atomic mass is 10.3. The van der Waals surface area contributed by atoms with Crippen molar-refractivity contribution in [3.05, 3.63) is 11.6 Å². The van der Waals surface area contributed by atoms with Crippen molar-refractivity contribution in [2.45, 2.75) is 13.8 Å². The second kappa shape index (κ2) is 4.25. The number of rotatable bonds is 2. The van der Waals surface area contributed by atoms with Gasteiger partial charge in [0.1, 0.15) is 0 Å². The van der Waals surface area contributed by atoms with Gasteiger partial charge in [0.25, 0.3) is 0 Å². The van der Waals surface area contributed by atoms with Gasteiger partial charge in [-0.2, -0.15) is 11.8 Å². The van der Waals surface area contributed by atoms with Gasteiger partial charge in [0, 0.05) is 5.75 Å². The zero-order valence-corrected chi connectivity index (χ0v) is 6.01. The Hall–Kier alpha value is 0.0900. The van der Waals surface area contributed by atoms with Crippen LogP contribution in [0.2, 0.25) is 0 Å². The van der Waals surface area contributed by atoms with E-state index in [1.165, 1.54) is 11.3 Å². The van der Waals surface area contributed by atoms with Gasteiger partial charge in [0.15, 0.2) is 0 Å². The van der Waals surface area contributed by atoms with E-state index in [-0.39, 0.29) is 0 Å². The topological polar surface area (TPSA) is 0 Å². The van der Waals surface area contributed by atoms with Crippen molar-refractivity contribution in [2.75, 3.05) is 12.0 Å². The third-order valence-electron chi connectivity index (χ3n) is 0.865. The molecule has 0 N–H and O–H groups in total. The van der Waals surface area contributed by atoms with Crippen molar-refractivity contribution >= 4 is 11.8 Å². The van der Waals surface area contributed by atoms with Gasteiger partial charge < -0.3 is 0 Å². The standard InChI is InChI=1S/C6H12S/c1-4-6(2)5-7-3/h4H,5H2,1-3H3/b6-4+. The van der Waals surface area contributed by atoms with Crippen LogP contribution in [0.4, 0.5) is 0 Å². The van der Waals surface area contributed by atoms with Crippen LogP contribution in [0.1, 0.15) is 13.8 Å². The molecule has 0 spiro atoms. The molecule has 0 bridgehead atoms. The van der Waals surface area contributed by atoms with Crippen molar-refractivity contribution < 1.29 is 0 Å². The molecule has 0 radical (unpaired) electrons. The zero-order valence-electron chi connectivity index (χ0n) is 5.19. The summed E-state index contributed by atoms with van der Waals surface area (Å²) in [6, 6.07) is 0. The largest absolute Gasteiger partial charge is 0.161 e. The smallest absolute Gasteiger partial charge is 0.0137 e. The molecule has 0 aliphatic heterocycles. The third kappa shape index (κ3) is 3.93. The molecule has 0 rings (SSSR count). The van der Waals surface area contributed by atoms with E-state index in [0.29, 0.717) is 0 Å². The molecular formula is C6H12S. The lowest BCUT2D eigenvalue weighted by Gasteiger charge is -1.91. The molecule has 0 amide bonds. The molecule has 7 heavy (non-hydrogen) atoms. The van der Waals surface area contributed by atoms with Crippen LogP contribution in [0.3, 0.4) is 0 Å². The molecule has 0 nitrogen and oxygen atoms in total. The average Bonchev–Trinajstić information content (AvgIpc) is 1.68. The van der Waals surface area contributed by atoms with Crippen molar-refractivity contribution in [3.63, 3.8) is 0 Å². The van der Waals surface area contributed by atoms with Crippen molar-refractivity contribution in [3.8, 4) is 0 Å². The first kappa shape index (κ1) is 7.09. The fourth-order valence-corrected chi connectivity index (χ4v) is 0.933. The summed E-state index contributed by atoms with van der Waals surface area (Å²) in [5.41, 5.74) is 1.47. The van der Waals surface area contributed by atoms with Crippen LogP contribution in [-0.4, -0.2) is 12.0 Å². The molecule has 0 aliphatic carbocycles. The molecule has 0 aromatic heterocycles. The van der Waals surface area contributed by atoms with Crippen LogP contribution >= 0.6 is 11.8 Å². The fraction of sp³-hybridized carbons (Fsp3) is 0.667. The predicted octanol–water partition coefficient (Wildman–Crippen LogP) is 2.32. The van der Waals surface area contributed by atoms with E-state index >= 15 is 0 Å². The summed E-state index contributed by atoms with van der Waals surface area (Å²) in [6.07, 6.45) is 4.27. The van der Waals surface area contributed by atoms with E-state index in [2.05, 4.69) is 26.2 Å². The van der Waals surface area contributed by atoms with Crippen LogP contribution in [0.5, 0.6) is 0 Å². The van der Waals surface area contributed by atoms with Gasteiger partial charge in [-0.05, 0) is 20.1 Å². The molecule has 0 saturated heterocycles. The summed E-state index contributed by atoms with van der Waals surface area (Å²) in [6.45, 7) is 4.22. The van der Waals surface area contributed by atoms with Gasteiger partial charge in [0.05, 0.1) is 0 Å². The zero-order chi connectivity index (χ0) is 5.70. The maximum absolute atomic E-state index is 2.15. The predicted molar refractivity (Wildman–Crippen MR) is 37.8 cm³/mol. The number of allylic oxidation sites excluding steroid dienone is 1. The Bertz CT molecular complexity index is 64.6. The molecule has 0 saturated carbocycles. The molecule has 1 heteroatoms. The monoisotopic (exact) mass is 116 g/mol. The second-order valence-corrected chi connectivity index (χ2v) is 2.43. The Balaban J connectivity index is 3.17. The first-order chi connectivity index (χ1) is 3.31. The average molecular weight is 116 g/mol. The summed E-state index contributed by atoms with van der Waals surface area (Å²) in [4.78, 5) is 0. The Morgan fingerprint density at radius 3 is 2.43 bits per heavy atom. The van der Waals surface area contributed by atoms with Crippen LogP contribution in [0.15, 0.2) is 11.6 Å². The van der Waals surface area contributed by atoms with E-state index in [9.17, 15) is 0 Å². The van der Waals surface area contributed by atoms with Crippen LogP contribution in [0, 0.1) is 0 Å². The summed E-state index contributed by atoms with van der Waals surface area (Å²) >= 11 is 1.87. The van der Waals surface area contributed by atoms with Gasteiger partial charge in [-0.3, -0.25) is 0 Å². The van der Waals surface area contributed by atoms with E-state index in [4.69, 9.17) is 0 Å². The number of hydrogen-bond acceptors (Lipinski definition) is 1. The summed E-state index contributed by atoms with van der Waals surface area (Å²) in [7, 11) is 0. The van der Waals surface area contributed by atoms with E-state index in [0.717, 1.165) is 0 Å². The number of hydrogen-bond donors (Lipinski definition) is 0. The fourth-order valence-electron chi connectivity index (χ4n) is 0.311. The minimum absolute atomic E-state index is 1.18. The van der Waals surface area contributed by atoms with E-state index < -0.39 is 0 Å². The Morgan fingerprint density at radius 1 is 1.71 bits per heavy atom. The molecule has 0 fully saturated rings. The molecule has 0 heterocycles. The lowest BCUT2D eigenvalue weighted by molar-refractivity contribution is 1.38. The van der Waals surface area contributed by atoms with Gasteiger partial charge in [-0.25, -0.2) is 0 Å². The highest BCUT2D eigenvalue weighted by molar-refractivity contribution is 7.98. The van der Waals surface area contributed by atoms with Crippen molar-refractivity contribution in [1.82, 2.24) is 0 Å². The normalized spacial score (nSPS) is 12.1. The Labute approximate surface area is 50.0 Å². The van der Waals surface area contributed by atoms with Crippen molar-refractivity contribution in [1.29, 1.82) is 0 Å².